The SMILES string of the molecule is Cc1nnc(-c2c(O)c3cc(-c4ccc(N5CCCCC5)cc4)c(Cl)cc3[nH]c2=O)o1. The van der Waals surface area contributed by atoms with Crippen molar-refractivity contribution in [1.82, 2.24) is 15.2 Å². The smallest absolute Gasteiger partial charge is 0.265 e. The van der Waals surface area contributed by atoms with E-state index in [2.05, 4.69) is 32.2 Å². The first-order valence-electron chi connectivity index (χ1n) is 10.3. The van der Waals surface area contributed by atoms with E-state index in [1.807, 2.05) is 12.1 Å². The lowest BCUT2D eigenvalue weighted by molar-refractivity contribution is 0.475. The minimum Gasteiger partial charge on any atom is -0.506 e. The molecule has 0 aliphatic carbocycles. The van der Waals surface area contributed by atoms with Crippen LogP contribution in [-0.2, 0) is 0 Å². The topological polar surface area (TPSA) is 95.3 Å². The highest BCUT2D eigenvalue weighted by atomic mass is 35.5. The van der Waals surface area contributed by atoms with E-state index < -0.39 is 5.56 Å². The van der Waals surface area contributed by atoms with Crippen LogP contribution in [0.5, 0.6) is 5.75 Å². The van der Waals surface area contributed by atoms with E-state index in [1.165, 1.54) is 24.9 Å². The summed E-state index contributed by atoms with van der Waals surface area (Å²) >= 11 is 6.54. The molecule has 0 saturated carbocycles. The quantitative estimate of drug-likeness (QED) is 0.474. The van der Waals surface area contributed by atoms with Crippen LogP contribution in [0.1, 0.15) is 25.2 Å². The van der Waals surface area contributed by atoms with Gasteiger partial charge in [-0.05, 0) is 49.1 Å². The van der Waals surface area contributed by atoms with Gasteiger partial charge in [0.05, 0.1) is 10.5 Å². The van der Waals surface area contributed by atoms with Crippen LogP contribution >= 0.6 is 11.6 Å². The molecule has 4 aromatic rings. The van der Waals surface area contributed by atoms with Crippen molar-refractivity contribution in [3.8, 4) is 28.3 Å². The Morgan fingerprint density at radius 2 is 1.84 bits per heavy atom. The zero-order valence-electron chi connectivity index (χ0n) is 17.0. The van der Waals surface area contributed by atoms with Crippen molar-refractivity contribution in [3.63, 3.8) is 0 Å². The molecule has 158 valence electrons. The number of H-pyrrole nitrogens is 1. The van der Waals surface area contributed by atoms with Gasteiger partial charge < -0.3 is 19.4 Å². The molecular weight excluding hydrogens is 416 g/mol. The van der Waals surface area contributed by atoms with Crippen molar-refractivity contribution in [2.45, 2.75) is 26.2 Å². The second kappa shape index (κ2) is 7.74. The van der Waals surface area contributed by atoms with Crippen LogP contribution in [0.15, 0.2) is 45.6 Å². The molecule has 8 heteroatoms. The van der Waals surface area contributed by atoms with Crippen molar-refractivity contribution in [3.05, 3.63) is 57.7 Å². The Kier molecular flexibility index (Phi) is 4.90. The maximum atomic E-state index is 12.5. The first-order chi connectivity index (χ1) is 15.0. The fourth-order valence-corrected chi connectivity index (χ4v) is 4.39. The molecule has 2 aromatic carbocycles. The van der Waals surface area contributed by atoms with Gasteiger partial charge in [0, 0.05) is 36.7 Å². The van der Waals surface area contributed by atoms with Gasteiger partial charge in [-0.1, -0.05) is 23.7 Å². The molecular formula is C23H21ClN4O3. The van der Waals surface area contributed by atoms with Crippen LogP contribution < -0.4 is 10.5 Å². The number of rotatable bonds is 3. The number of hydrogen-bond donors (Lipinski definition) is 2. The number of pyridine rings is 1. The first-order valence-corrected chi connectivity index (χ1v) is 10.6. The number of aromatic amines is 1. The maximum absolute atomic E-state index is 12.5. The third kappa shape index (κ3) is 3.55. The Labute approximate surface area is 183 Å². The number of anilines is 1. The fourth-order valence-electron chi connectivity index (χ4n) is 4.12. The van der Waals surface area contributed by atoms with E-state index >= 15 is 0 Å². The minimum absolute atomic E-state index is 0.0273. The summed E-state index contributed by atoms with van der Waals surface area (Å²) in [4.78, 5) is 17.7. The normalized spacial score (nSPS) is 14.3. The summed E-state index contributed by atoms with van der Waals surface area (Å²) in [7, 11) is 0. The number of halogens is 1. The molecule has 1 fully saturated rings. The van der Waals surface area contributed by atoms with Gasteiger partial charge in [0.2, 0.25) is 5.89 Å². The highest BCUT2D eigenvalue weighted by Crippen LogP contribution is 2.38. The van der Waals surface area contributed by atoms with Gasteiger partial charge in [-0.2, -0.15) is 0 Å². The predicted molar refractivity (Wildman–Crippen MR) is 121 cm³/mol. The Balaban J connectivity index is 1.59. The monoisotopic (exact) mass is 436 g/mol. The zero-order chi connectivity index (χ0) is 21.5. The molecule has 2 aromatic heterocycles. The summed E-state index contributed by atoms with van der Waals surface area (Å²) in [6, 6.07) is 11.7. The molecule has 0 unspecified atom stereocenters. The van der Waals surface area contributed by atoms with Crippen molar-refractivity contribution < 1.29 is 9.52 Å². The van der Waals surface area contributed by atoms with Gasteiger partial charge in [-0.3, -0.25) is 4.79 Å². The van der Waals surface area contributed by atoms with E-state index in [9.17, 15) is 9.90 Å². The highest BCUT2D eigenvalue weighted by molar-refractivity contribution is 6.34. The van der Waals surface area contributed by atoms with Crippen LogP contribution in [0.2, 0.25) is 5.02 Å². The Hall–Kier alpha value is -3.32. The Bertz CT molecular complexity index is 1320. The molecule has 0 radical (unpaired) electrons. The van der Waals surface area contributed by atoms with Gasteiger partial charge in [-0.25, -0.2) is 0 Å². The summed E-state index contributed by atoms with van der Waals surface area (Å²) in [6.07, 6.45) is 3.73. The summed E-state index contributed by atoms with van der Waals surface area (Å²) < 4.78 is 5.36. The highest BCUT2D eigenvalue weighted by Gasteiger charge is 2.20. The van der Waals surface area contributed by atoms with Gasteiger partial charge in [0.1, 0.15) is 11.3 Å². The zero-order valence-corrected chi connectivity index (χ0v) is 17.7. The predicted octanol–water partition coefficient (Wildman–Crippen LogP) is 4.90. The van der Waals surface area contributed by atoms with Crippen LogP contribution in [0.25, 0.3) is 33.5 Å². The second-order valence-electron chi connectivity index (χ2n) is 7.78. The number of piperidine rings is 1. The average Bonchev–Trinajstić information content (AvgIpc) is 3.20. The van der Waals surface area contributed by atoms with Gasteiger partial charge in [0.15, 0.2) is 0 Å². The average molecular weight is 437 g/mol. The molecule has 0 atom stereocenters. The molecule has 0 bridgehead atoms. The molecule has 0 amide bonds. The number of aryl methyl sites for hydroxylation is 1. The Morgan fingerprint density at radius 3 is 2.52 bits per heavy atom. The summed E-state index contributed by atoms with van der Waals surface area (Å²) in [6.45, 7) is 3.78. The molecule has 7 nitrogen and oxygen atoms in total. The van der Waals surface area contributed by atoms with Gasteiger partial charge >= 0.3 is 0 Å². The number of aromatic hydroxyl groups is 1. The van der Waals surface area contributed by atoms with Crippen LogP contribution in [0.3, 0.4) is 0 Å². The second-order valence-corrected chi connectivity index (χ2v) is 8.18. The minimum atomic E-state index is -0.525. The number of nitrogens with zero attached hydrogens (tertiary/aromatic N) is 3. The van der Waals surface area contributed by atoms with Crippen molar-refractivity contribution in [1.29, 1.82) is 0 Å². The summed E-state index contributed by atoms with van der Waals surface area (Å²) in [5, 5.41) is 19.4. The van der Waals surface area contributed by atoms with Crippen molar-refractivity contribution >= 4 is 28.2 Å². The van der Waals surface area contributed by atoms with E-state index in [0.717, 1.165) is 24.2 Å². The maximum Gasteiger partial charge on any atom is 0.265 e. The van der Waals surface area contributed by atoms with Crippen molar-refractivity contribution in [2.24, 2.45) is 0 Å². The molecule has 1 aliphatic rings. The Morgan fingerprint density at radius 1 is 1.10 bits per heavy atom. The number of aromatic nitrogens is 3. The number of benzene rings is 2. The third-order valence-electron chi connectivity index (χ3n) is 5.71. The molecule has 5 rings (SSSR count). The number of hydrogen-bond acceptors (Lipinski definition) is 6. The molecule has 31 heavy (non-hydrogen) atoms. The van der Waals surface area contributed by atoms with Crippen molar-refractivity contribution in [2.75, 3.05) is 18.0 Å². The van der Waals surface area contributed by atoms with E-state index in [1.54, 1.807) is 19.1 Å². The number of nitrogens with one attached hydrogen (secondary N) is 1. The van der Waals surface area contributed by atoms with Crippen LogP contribution in [-0.4, -0.2) is 33.4 Å². The van der Waals surface area contributed by atoms with E-state index in [-0.39, 0.29) is 17.2 Å². The lowest BCUT2D eigenvalue weighted by Gasteiger charge is -2.28. The summed E-state index contributed by atoms with van der Waals surface area (Å²) in [5.74, 6) is 0.0604. The third-order valence-corrected chi connectivity index (χ3v) is 6.03. The molecule has 1 saturated heterocycles. The molecule has 2 N–H and O–H groups in total. The molecule has 3 heterocycles. The lowest BCUT2D eigenvalue weighted by atomic mass is 10.0. The van der Waals surface area contributed by atoms with Gasteiger partial charge in [0.25, 0.3) is 11.4 Å². The number of fused-ring (bicyclic) bond motifs is 1. The first kappa shape index (κ1) is 19.6. The fraction of sp³-hybridized carbons (Fsp3) is 0.261. The molecule has 1 aliphatic heterocycles. The van der Waals surface area contributed by atoms with E-state index in [0.29, 0.717) is 21.8 Å². The molecule has 0 spiro atoms. The lowest BCUT2D eigenvalue weighted by Crippen LogP contribution is -2.29. The summed E-state index contributed by atoms with van der Waals surface area (Å²) in [5.41, 5.74) is 2.73. The van der Waals surface area contributed by atoms with E-state index in [4.69, 9.17) is 16.0 Å². The van der Waals surface area contributed by atoms with Gasteiger partial charge in [-0.15, -0.1) is 10.2 Å². The van der Waals surface area contributed by atoms with Crippen LogP contribution in [0.4, 0.5) is 5.69 Å². The van der Waals surface area contributed by atoms with Crippen LogP contribution in [0, 0.1) is 6.92 Å². The standard InChI is InChI=1S/C23H21ClN4O3/c1-13-26-27-23(31-13)20-21(29)17-11-16(18(24)12-19(17)25-22(20)30)14-5-7-15(8-6-14)28-9-3-2-4-10-28/h5-8,11-12H,2-4,9-10H2,1H3,(H2,25,29,30). The largest absolute Gasteiger partial charge is 0.506 e.